The van der Waals surface area contributed by atoms with Crippen molar-refractivity contribution in [3.05, 3.63) is 58.4 Å². The molecule has 1 fully saturated rings. The maximum absolute atomic E-state index is 12.5. The molecule has 1 aromatic carbocycles. The normalized spacial score (nSPS) is 14.6. The van der Waals surface area contributed by atoms with Gasteiger partial charge in [0.1, 0.15) is 17.4 Å². The summed E-state index contributed by atoms with van der Waals surface area (Å²) in [4.78, 5) is 24.9. The lowest BCUT2D eigenvalue weighted by atomic mass is 9.95. The molecule has 162 valence electrons. The Morgan fingerprint density at radius 3 is 2.55 bits per heavy atom. The standard InChI is InChI=1S/C24H28N4O3/c1-16-13-18(17(2)28(16)20-9-5-4-6-10-20)14-19(15-25)23(29)26-27-24(30)21-11-7-8-12-22(21)31-3/h7-8,11-14,20H,4-6,9-10H2,1-3H3,(H,26,29)(H,27,30)/b19-14+. The summed E-state index contributed by atoms with van der Waals surface area (Å²) >= 11 is 0. The van der Waals surface area contributed by atoms with Crippen LogP contribution >= 0.6 is 0 Å². The fourth-order valence-electron chi connectivity index (χ4n) is 4.23. The zero-order valence-corrected chi connectivity index (χ0v) is 18.2. The molecule has 31 heavy (non-hydrogen) atoms. The Balaban J connectivity index is 1.74. The monoisotopic (exact) mass is 420 g/mol. The number of amides is 2. The summed E-state index contributed by atoms with van der Waals surface area (Å²) in [6.07, 6.45) is 7.61. The molecule has 1 aliphatic carbocycles. The van der Waals surface area contributed by atoms with E-state index in [9.17, 15) is 14.9 Å². The van der Waals surface area contributed by atoms with Gasteiger partial charge in [-0.3, -0.25) is 20.4 Å². The molecule has 1 aromatic heterocycles. The number of aromatic nitrogens is 1. The molecule has 0 saturated heterocycles. The van der Waals surface area contributed by atoms with E-state index in [1.54, 1.807) is 30.3 Å². The third-order valence-electron chi connectivity index (χ3n) is 5.77. The molecule has 0 radical (unpaired) electrons. The molecule has 0 atom stereocenters. The molecule has 1 heterocycles. The zero-order valence-electron chi connectivity index (χ0n) is 18.2. The van der Waals surface area contributed by atoms with Crippen LogP contribution in [-0.4, -0.2) is 23.5 Å². The summed E-state index contributed by atoms with van der Waals surface area (Å²) in [5, 5.41) is 9.52. The Kier molecular flexibility index (Phi) is 7.14. The predicted octanol–water partition coefficient (Wildman–Crippen LogP) is 3.99. The van der Waals surface area contributed by atoms with Crippen LogP contribution in [0.5, 0.6) is 5.75 Å². The number of hydrogen-bond donors (Lipinski definition) is 2. The van der Waals surface area contributed by atoms with Crippen molar-refractivity contribution >= 4 is 17.9 Å². The average Bonchev–Trinajstić information content (AvgIpc) is 3.08. The number of nitrogens with one attached hydrogen (secondary N) is 2. The summed E-state index contributed by atoms with van der Waals surface area (Å²) in [6, 6.07) is 11.1. The van der Waals surface area contributed by atoms with Gasteiger partial charge >= 0.3 is 0 Å². The Bertz CT molecular complexity index is 1040. The number of benzene rings is 1. The van der Waals surface area contributed by atoms with Gasteiger partial charge in [-0.15, -0.1) is 0 Å². The van der Waals surface area contributed by atoms with Crippen LogP contribution in [0.4, 0.5) is 0 Å². The fourth-order valence-corrected chi connectivity index (χ4v) is 4.23. The lowest BCUT2D eigenvalue weighted by Gasteiger charge is -2.26. The SMILES string of the molecule is COc1ccccc1C(=O)NNC(=O)/C(C#N)=C/c1cc(C)n(C2CCCCC2)c1C. The topological polar surface area (TPSA) is 96.2 Å². The fraction of sp³-hybridized carbons (Fsp3) is 0.375. The number of carbonyl (C=O) groups is 2. The highest BCUT2D eigenvalue weighted by Gasteiger charge is 2.20. The number of ether oxygens (including phenoxy) is 1. The van der Waals surface area contributed by atoms with Crippen LogP contribution in [0.3, 0.4) is 0 Å². The van der Waals surface area contributed by atoms with Gasteiger partial charge in [-0.1, -0.05) is 31.4 Å². The van der Waals surface area contributed by atoms with Gasteiger partial charge in [0.05, 0.1) is 12.7 Å². The minimum Gasteiger partial charge on any atom is -0.496 e. The number of hydrogen-bond acceptors (Lipinski definition) is 4. The van der Waals surface area contributed by atoms with Crippen molar-refractivity contribution in [1.82, 2.24) is 15.4 Å². The van der Waals surface area contributed by atoms with Gasteiger partial charge in [-0.2, -0.15) is 5.26 Å². The molecule has 1 aliphatic rings. The maximum atomic E-state index is 12.5. The predicted molar refractivity (Wildman–Crippen MR) is 118 cm³/mol. The van der Waals surface area contributed by atoms with Crippen LogP contribution < -0.4 is 15.6 Å². The minimum atomic E-state index is -0.673. The van der Waals surface area contributed by atoms with Gasteiger partial charge in [-0.25, -0.2) is 0 Å². The molecule has 2 amide bonds. The third kappa shape index (κ3) is 4.97. The largest absolute Gasteiger partial charge is 0.496 e. The van der Waals surface area contributed by atoms with E-state index < -0.39 is 11.8 Å². The molecule has 0 spiro atoms. The molecular formula is C24H28N4O3. The Hall–Kier alpha value is -3.53. The molecule has 2 aromatic rings. The summed E-state index contributed by atoms with van der Waals surface area (Å²) < 4.78 is 7.48. The number of para-hydroxylation sites is 1. The number of aryl methyl sites for hydroxylation is 1. The van der Waals surface area contributed by atoms with Crippen LogP contribution in [0.25, 0.3) is 6.08 Å². The van der Waals surface area contributed by atoms with Gasteiger partial charge < -0.3 is 9.30 Å². The van der Waals surface area contributed by atoms with E-state index in [2.05, 4.69) is 22.3 Å². The second kappa shape index (κ2) is 9.98. The van der Waals surface area contributed by atoms with Crippen molar-refractivity contribution < 1.29 is 14.3 Å². The first-order valence-corrected chi connectivity index (χ1v) is 10.5. The first-order valence-electron chi connectivity index (χ1n) is 10.5. The smallest absolute Gasteiger partial charge is 0.280 e. The van der Waals surface area contributed by atoms with E-state index in [1.165, 1.54) is 26.4 Å². The van der Waals surface area contributed by atoms with Crippen LogP contribution in [0.1, 0.15) is 65.5 Å². The number of nitriles is 1. The van der Waals surface area contributed by atoms with Crippen LogP contribution in [0.15, 0.2) is 35.9 Å². The van der Waals surface area contributed by atoms with E-state index in [4.69, 9.17) is 4.74 Å². The van der Waals surface area contributed by atoms with Gasteiger partial charge in [0.15, 0.2) is 0 Å². The van der Waals surface area contributed by atoms with Crippen molar-refractivity contribution in [2.75, 3.05) is 7.11 Å². The molecule has 0 bridgehead atoms. The van der Waals surface area contributed by atoms with Gasteiger partial charge in [0.2, 0.25) is 0 Å². The van der Waals surface area contributed by atoms with Gasteiger partial charge in [-0.05, 0) is 56.5 Å². The Morgan fingerprint density at radius 2 is 1.87 bits per heavy atom. The maximum Gasteiger partial charge on any atom is 0.280 e. The summed E-state index contributed by atoms with van der Waals surface area (Å²) in [7, 11) is 1.46. The quantitative estimate of drug-likeness (QED) is 0.434. The molecule has 0 unspecified atom stereocenters. The highest BCUT2D eigenvalue weighted by Crippen LogP contribution is 2.32. The number of nitrogens with zero attached hydrogens (tertiary/aromatic N) is 2. The molecule has 1 saturated carbocycles. The van der Waals surface area contributed by atoms with Crippen molar-refractivity contribution in [3.63, 3.8) is 0 Å². The van der Waals surface area contributed by atoms with Crippen molar-refractivity contribution in [2.24, 2.45) is 0 Å². The number of carbonyl (C=O) groups excluding carboxylic acids is 2. The first kappa shape index (κ1) is 22.2. The highest BCUT2D eigenvalue weighted by molar-refractivity contribution is 6.04. The second-order valence-electron chi connectivity index (χ2n) is 7.77. The lowest BCUT2D eigenvalue weighted by molar-refractivity contribution is -0.117. The third-order valence-corrected chi connectivity index (χ3v) is 5.77. The van der Waals surface area contributed by atoms with E-state index in [1.807, 2.05) is 19.1 Å². The summed E-state index contributed by atoms with van der Waals surface area (Å²) in [5.74, 6) is -0.813. The Morgan fingerprint density at radius 1 is 1.16 bits per heavy atom. The molecule has 2 N–H and O–H groups in total. The summed E-state index contributed by atoms with van der Waals surface area (Å²) in [6.45, 7) is 4.07. The highest BCUT2D eigenvalue weighted by atomic mass is 16.5. The van der Waals surface area contributed by atoms with Crippen molar-refractivity contribution in [2.45, 2.75) is 52.0 Å². The minimum absolute atomic E-state index is 0.0794. The van der Waals surface area contributed by atoms with Gasteiger partial charge in [0, 0.05) is 17.4 Å². The lowest BCUT2D eigenvalue weighted by Crippen LogP contribution is -2.42. The van der Waals surface area contributed by atoms with Crippen molar-refractivity contribution in [3.8, 4) is 11.8 Å². The van der Waals surface area contributed by atoms with Crippen LogP contribution in [-0.2, 0) is 4.79 Å². The van der Waals surface area contributed by atoms with E-state index in [-0.39, 0.29) is 11.1 Å². The van der Waals surface area contributed by atoms with Gasteiger partial charge in [0.25, 0.3) is 11.8 Å². The number of methoxy groups -OCH3 is 1. The number of rotatable bonds is 5. The van der Waals surface area contributed by atoms with E-state index >= 15 is 0 Å². The summed E-state index contributed by atoms with van der Waals surface area (Å²) in [5.41, 5.74) is 7.87. The Labute approximate surface area is 182 Å². The first-order chi connectivity index (χ1) is 15.0. The van der Waals surface area contributed by atoms with E-state index in [0.717, 1.165) is 29.8 Å². The molecule has 7 heteroatoms. The zero-order chi connectivity index (χ0) is 22.4. The number of hydrazine groups is 1. The average molecular weight is 421 g/mol. The molecular weight excluding hydrogens is 392 g/mol. The molecule has 7 nitrogen and oxygen atoms in total. The van der Waals surface area contributed by atoms with Crippen LogP contribution in [0.2, 0.25) is 0 Å². The molecule has 3 rings (SSSR count). The van der Waals surface area contributed by atoms with E-state index in [0.29, 0.717) is 11.8 Å². The van der Waals surface area contributed by atoms with Crippen LogP contribution in [0, 0.1) is 25.2 Å². The van der Waals surface area contributed by atoms with Crippen molar-refractivity contribution in [1.29, 1.82) is 5.26 Å². The second-order valence-corrected chi connectivity index (χ2v) is 7.77. The molecule has 0 aliphatic heterocycles.